The van der Waals surface area contributed by atoms with Gasteiger partial charge in [-0.3, -0.25) is 14.9 Å². The first-order valence-corrected chi connectivity index (χ1v) is 8.03. The number of hydrogen-bond acceptors (Lipinski definition) is 5. The minimum Gasteiger partial charge on any atom is -0.387 e. The van der Waals surface area contributed by atoms with Crippen molar-refractivity contribution in [2.45, 2.75) is 44.6 Å². The van der Waals surface area contributed by atoms with Crippen molar-refractivity contribution in [3.63, 3.8) is 0 Å². The van der Waals surface area contributed by atoms with E-state index in [0.29, 0.717) is 0 Å². The Labute approximate surface area is 140 Å². The molecule has 0 aromatic heterocycles. The lowest BCUT2D eigenvalue weighted by molar-refractivity contribution is -0.383. The zero-order chi connectivity index (χ0) is 17.4. The largest absolute Gasteiger partial charge is 0.387 e. The summed E-state index contributed by atoms with van der Waals surface area (Å²) in [5.74, 6) is -0.659. The van der Waals surface area contributed by atoms with Crippen LogP contribution in [0.5, 0.6) is 0 Å². The third-order valence-electron chi connectivity index (χ3n) is 4.03. The summed E-state index contributed by atoms with van der Waals surface area (Å²) in [5.41, 5.74) is -0.236. The maximum absolute atomic E-state index is 12.2. The highest BCUT2D eigenvalue weighted by molar-refractivity contribution is 6.07. The molecule has 2 N–H and O–H groups in total. The van der Waals surface area contributed by atoms with Crippen LogP contribution in [0.4, 0.5) is 11.4 Å². The molecule has 126 valence electrons. The number of nitriles is 1. The topological polar surface area (TPSA) is 108 Å². The van der Waals surface area contributed by atoms with E-state index in [4.69, 9.17) is 0 Å². The van der Waals surface area contributed by atoms with Crippen molar-refractivity contribution in [2.24, 2.45) is 0 Å². The van der Waals surface area contributed by atoms with Crippen LogP contribution < -0.4 is 10.6 Å². The van der Waals surface area contributed by atoms with Gasteiger partial charge in [-0.2, -0.15) is 5.26 Å². The van der Waals surface area contributed by atoms with E-state index >= 15 is 0 Å². The van der Waals surface area contributed by atoms with Crippen LogP contribution in [0.2, 0.25) is 0 Å². The van der Waals surface area contributed by atoms with Gasteiger partial charge in [0.05, 0.1) is 4.92 Å². The molecule has 1 fully saturated rings. The van der Waals surface area contributed by atoms with Crippen molar-refractivity contribution in [3.05, 3.63) is 46.2 Å². The highest BCUT2D eigenvalue weighted by Crippen LogP contribution is 2.23. The molecule has 0 bridgehead atoms. The number of nitrogens with zero attached hydrogens (tertiary/aromatic N) is 2. The number of para-hydroxylation sites is 2. The SMILES string of the molecule is N#C/C(=C/NC1CCCCCC1)C(=O)Nc1ccccc1[N+](=O)[O-]. The fraction of sp³-hybridized carbons (Fsp3) is 0.412. The van der Waals surface area contributed by atoms with Crippen LogP contribution in [0.3, 0.4) is 0 Å². The van der Waals surface area contributed by atoms with Crippen molar-refractivity contribution in [2.75, 3.05) is 5.32 Å². The second kappa shape index (κ2) is 8.67. The van der Waals surface area contributed by atoms with Crippen molar-refractivity contribution in [1.82, 2.24) is 5.32 Å². The molecule has 0 aliphatic heterocycles. The van der Waals surface area contributed by atoms with Crippen molar-refractivity contribution < 1.29 is 9.72 Å². The lowest BCUT2D eigenvalue weighted by Crippen LogP contribution is -2.25. The number of nitro benzene ring substituents is 1. The Hall–Kier alpha value is -2.88. The maximum Gasteiger partial charge on any atom is 0.292 e. The summed E-state index contributed by atoms with van der Waals surface area (Å²) in [7, 11) is 0. The molecular formula is C17H20N4O3. The van der Waals surface area contributed by atoms with Gasteiger partial charge in [0.1, 0.15) is 17.3 Å². The molecule has 0 radical (unpaired) electrons. The molecule has 0 unspecified atom stereocenters. The predicted molar refractivity (Wildman–Crippen MR) is 90.0 cm³/mol. The smallest absolute Gasteiger partial charge is 0.292 e. The fourth-order valence-corrected chi connectivity index (χ4v) is 2.72. The second-order valence-corrected chi connectivity index (χ2v) is 5.75. The summed E-state index contributed by atoms with van der Waals surface area (Å²) in [6.07, 6.45) is 8.14. The van der Waals surface area contributed by atoms with Gasteiger partial charge in [0.15, 0.2) is 0 Å². The summed E-state index contributed by atoms with van der Waals surface area (Å²) < 4.78 is 0. The fourth-order valence-electron chi connectivity index (χ4n) is 2.72. The first-order chi connectivity index (χ1) is 11.6. The van der Waals surface area contributed by atoms with E-state index in [1.54, 1.807) is 6.07 Å². The Morgan fingerprint density at radius 1 is 1.25 bits per heavy atom. The van der Waals surface area contributed by atoms with Gasteiger partial charge < -0.3 is 10.6 Å². The van der Waals surface area contributed by atoms with Gasteiger partial charge in [0, 0.05) is 18.3 Å². The summed E-state index contributed by atoms with van der Waals surface area (Å²) >= 11 is 0. The van der Waals surface area contributed by atoms with E-state index in [1.807, 2.05) is 6.07 Å². The highest BCUT2D eigenvalue weighted by atomic mass is 16.6. The number of carbonyl (C=O) groups is 1. The molecule has 7 heteroatoms. The number of anilines is 1. The van der Waals surface area contributed by atoms with Crippen LogP contribution in [-0.4, -0.2) is 16.9 Å². The summed E-state index contributed by atoms with van der Waals surface area (Å²) in [6, 6.07) is 7.94. The minimum absolute atomic E-state index is 0.0723. The molecule has 0 atom stereocenters. The van der Waals surface area contributed by atoms with E-state index < -0.39 is 10.8 Å². The minimum atomic E-state index is -0.659. The summed E-state index contributed by atoms with van der Waals surface area (Å²) in [5, 5.41) is 25.7. The van der Waals surface area contributed by atoms with E-state index in [0.717, 1.165) is 25.7 Å². The molecule has 0 saturated heterocycles. The van der Waals surface area contributed by atoms with Crippen LogP contribution in [0.15, 0.2) is 36.0 Å². The van der Waals surface area contributed by atoms with Crippen molar-refractivity contribution in [1.29, 1.82) is 5.26 Å². The van der Waals surface area contributed by atoms with E-state index in [1.165, 1.54) is 37.2 Å². The second-order valence-electron chi connectivity index (χ2n) is 5.75. The van der Waals surface area contributed by atoms with Crippen LogP contribution in [0.1, 0.15) is 38.5 Å². The molecular weight excluding hydrogens is 308 g/mol. The molecule has 1 aromatic rings. The van der Waals surface area contributed by atoms with Crippen LogP contribution >= 0.6 is 0 Å². The van der Waals surface area contributed by atoms with Crippen LogP contribution in [0.25, 0.3) is 0 Å². The average Bonchev–Trinajstić information content (AvgIpc) is 2.84. The number of nitrogens with one attached hydrogen (secondary N) is 2. The van der Waals surface area contributed by atoms with Gasteiger partial charge in [-0.05, 0) is 18.9 Å². The van der Waals surface area contributed by atoms with Gasteiger partial charge in [-0.1, -0.05) is 37.8 Å². The zero-order valence-corrected chi connectivity index (χ0v) is 13.3. The van der Waals surface area contributed by atoms with Gasteiger partial charge in [-0.25, -0.2) is 0 Å². The number of hydrogen-bond donors (Lipinski definition) is 2. The number of carbonyl (C=O) groups excluding carboxylic acids is 1. The molecule has 2 rings (SSSR count). The Morgan fingerprint density at radius 3 is 2.54 bits per heavy atom. The quantitative estimate of drug-likeness (QED) is 0.283. The molecule has 7 nitrogen and oxygen atoms in total. The Balaban J connectivity index is 2.05. The number of nitro groups is 1. The lowest BCUT2D eigenvalue weighted by atomic mass is 10.1. The average molecular weight is 328 g/mol. The molecule has 24 heavy (non-hydrogen) atoms. The zero-order valence-electron chi connectivity index (χ0n) is 13.3. The Bertz CT molecular complexity index is 671. The van der Waals surface area contributed by atoms with Gasteiger partial charge in [-0.15, -0.1) is 0 Å². The molecule has 1 aliphatic carbocycles. The molecule has 1 aliphatic rings. The van der Waals surface area contributed by atoms with E-state index in [9.17, 15) is 20.2 Å². The van der Waals surface area contributed by atoms with Crippen molar-refractivity contribution >= 4 is 17.3 Å². The molecule has 1 amide bonds. The van der Waals surface area contributed by atoms with Gasteiger partial charge >= 0.3 is 0 Å². The lowest BCUT2D eigenvalue weighted by Gasteiger charge is -2.14. The Morgan fingerprint density at radius 2 is 1.92 bits per heavy atom. The normalized spacial score (nSPS) is 15.9. The first-order valence-electron chi connectivity index (χ1n) is 8.03. The van der Waals surface area contributed by atoms with E-state index in [-0.39, 0.29) is 23.0 Å². The molecule has 1 aromatic carbocycles. The summed E-state index contributed by atoms with van der Waals surface area (Å²) in [6.45, 7) is 0. The number of benzene rings is 1. The number of rotatable bonds is 5. The Kier molecular flexibility index (Phi) is 6.32. The summed E-state index contributed by atoms with van der Waals surface area (Å²) in [4.78, 5) is 22.6. The number of amides is 1. The highest BCUT2D eigenvalue weighted by Gasteiger charge is 2.18. The maximum atomic E-state index is 12.2. The van der Waals surface area contributed by atoms with E-state index in [2.05, 4.69) is 10.6 Å². The van der Waals surface area contributed by atoms with Crippen molar-refractivity contribution in [3.8, 4) is 6.07 Å². The molecule has 1 saturated carbocycles. The standard InChI is InChI=1S/C17H20N4O3/c18-11-13(12-19-14-7-3-1-2-4-8-14)17(22)20-15-9-5-6-10-16(15)21(23)24/h5-6,9-10,12,14,19H,1-4,7-8H2,(H,20,22)/b13-12-. The third-order valence-corrected chi connectivity index (χ3v) is 4.03. The first kappa shape index (κ1) is 17.5. The van der Waals surface area contributed by atoms with Crippen LogP contribution in [0, 0.1) is 21.4 Å². The monoisotopic (exact) mass is 328 g/mol. The van der Waals surface area contributed by atoms with Gasteiger partial charge in [0.25, 0.3) is 11.6 Å². The third kappa shape index (κ3) is 4.81. The van der Waals surface area contributed by atoms with Gasteiger partial charge in [0.2, 0.25) is 0 Å². The molecule has 0 spiro atoms. The van der Waals surface area contributed by atoms with Crippen LogP contribution in [-0.2, 0) is 4.79 Å². The molecule has 0 heterocycles. The predicted octanol–water partition coefficient (Wildman–Crippen LogP) is 3.25.